The van der Waals surface area contributed by atoms with Crippen LogP contribution in [-0.4, -0.2) is 58.3 Å². The first-order valence-corrected chi connectivity index (χ1v) is 11.5. The van der Waals surface area contributed by atoms with E-state index in [-0.39, 0.29) is 23.5 Å². The van der Waals surface area contributed by atoms with E-state index in [0.29, 0.717) is 24.6 Å². The number of thioether (sulfide) groups is 1. The number of carbonyl (C=O) groups excluding carboxylic acids is 1. The Bertz CT molecular complexity index is 729. The van der Waals surface area contributed by atoms with E-state index >= 15 is 0 Å². The highest BCUT2D eigenvalue weighted by molar-refractivity contribution is 7.98. The van der Waals surface area contributed by atoms with Gasteiger partial charge in [-0.3, -0.25) is 4.79 Å². The van der Waals surface area contributed by atoms with Crippen molar-refractivity contribution < 1.29 is 17.9 Å². The molecule has 0 radical (unpaired) electrons. The number of ether oxygens (including phenoxy) is 1. The number of benzene rings is 1. The molecular weight excluding hydrogens is 372 g/mol. The number of hydrogen-bond donors (Lipinski definition) is 1. The minimum atomic E-state index is -3.71. The summed E-state index contributed by atoms with van der Waals surface area (Å²) in [4.78, 5) is 15.7. The third-order valence-electron chi connectivity index (χ3n) is 4.56. The summed E-state index contributed by atoms with van der Waals surface area (Å²) in [6, 6.07) is 4.39. The van der Waals surface area contributed by atoms with Crippen LogP contribution in [0.1, 0.15) is 37.0 Å². The molecule has 1 heterocycles. The number of carbonyl (C=O) groups is 1. The largest absolute Gasteiger partial charge is 0.383 e. The Labute approximate surface area is 160 Å². The number of rotatable bonds is 7. The average molecular weight is 401 g/mol. The maximum absolute atomic E-state index is 13.0. The van der Waals surface area contributed by atoms with Gasteiger partial charge in [0.2, 0.25) is 10.0 Å². The van der Waals surface area contributed by atoms with Crippen molar-refractivity contribution in [1.82, 2.24) is 9.62 Å². The molecule has 146 valence electrons. The second kappa shape index (κ2) is 9.21. The van der Waals surface area contributed by atoms with Crippen molar-refractivity contribution >= 4 is 27.7 Å². The lowest BCUT2D eigenvalue weighted by atomic mass is 9.98. The molecule has 1 amide bonds. The van der Waals surface area contributed by atoms with Crippen LogP contribution in [0.2, 0.25) is 0 Å². The van der Waals surface area contributed by atoms with Crippen molar-refractivity contribution in [1.29, 1.82) is 0 Å². The van der Waals surface area contributed by atoms with E-state index in [9.17, 15) is 13.2 Å². The van der Waals surface area contributed by atoms with Gasteiger partial charge in [0.25, 0.3) is 5.91 Å². The van der Waals surface area contributed by atoms with Crippen LogP contribution in [0.25, 0.3) is 0 Å². The number of hydrogen-bond acceptors (Lipinski definition) is 5. The number of likely N-dealkylation sites (tertiary alicyclic amines) is 1. The molecule has 26 heavy (non-hydrogen) atoms. The molecule has 0 bridgehead atoms. The molecule has 0 aliphatic carbocycles. The first-order valence-electron chi connectivity index (χ1n) is 8.77. The van der Waals surface area contributed by atoms with Crippen LogP contribution in [-0.2, 0) is 14.8 Å². The van der Waals surface area contributed by atoms with Gasteiger partial charge in [-0.05, 0) is 50.1 Å². The summed E-state index contributed by atoms with van der Waals surface area (Å²) in [5.41, 5.74) is 0.453. The Morgan fingerprint density at radius 3 is 2.62 bits per heavy atom. The van der Waals surface area contributed by atoms with E-state index in [4.69, 9.17) is 4.74 Å². The normalized spacial score (nSPS) is 17.3. The van der Waals surface area contributed by atoms with Crippen molar-refractivity contribution in [2.45, 2.75) is 42.5 Å². The average Bonchev–Trinajstić information content (AvgIpc) is 2.61. The Morgan fingerprint density at radius 2 is 2.04 bits per heavy atom. The van der Waals surface area contributed by atoms with Gasteiger partial charge in [0, 0.05) is 31.1 Å². The topological polar surface area (TPSA) is 75.7 Å². The van der Waals surface area contributed by atoms with Gasteiger partial charge in [-0.15, -0.1) is 11.8 Å². The van der Waals surface area contributed by atoms with Crippen molar-refractivity contribution in [2.24, 2.45) is 5.92 Å². The highest BCUT2D eigenvalue weighted by Gasteiger charge is 2.25. The minimum Gasteiger partial charge on any atom is -0.383 e. The number of sulfonamides is 1. The Hall–Kier alpha value is -1.09. The molecule has 1 saturated heterocycles. The van der Waals surface area contributed by atoms with Gasteiger partial charge in [0.1, 0.15) is 0 Å². The molecule has 2 rings (SSSR count). The third-order valence-corrected chi connectivity index (χ3v) is 6.94. The van der Waals surface area contributed by atoms with Crippen LogP contribution in [0.3, 0.4) is 0 Å². The van der Waals surface area contributed by atoms with Gasteiger partial charge in [-0.1, -0.05) is 6.92 Å². The van der Waals surface area contributed by atoms with Crippen LogP contribution in [0.5, 0.6) is 0 Å². The second-order valence-electron chi connectivity index (χ2n) is 6.81. The molecule has 1 aliphatic rings. The molecular formula is C18H28N2O4S2. The van der Waals surface area contributed by atoms with E-state index < -0.39 is 10.0 Å². The van der Waals surface area contributed by atoms with Crippen molar-refractivity contribution in [3.05, 3.63) is 23.8 Å². The first-order chi connectivity index (χ1) is 12.3. The number of piperidine rings is 1. The van der Waals surface area contributed by atoms with Gasteiger partial charge in [0.15, 0.2) is 0 Å². The zero-order chi connectivity index (χ0) is 19.3. The lowest BCUT2D eigenvalue weighted by molar-refractivity contribution is 0.0693. The molecule has 1 aromatic rings. The van der Waals surface area contributed by atoms with E-state index in [0.717, 1.165) is 17.7 Å². The molecule has 1 atom stereocenters. The van der Waals surface area contributed by atoms with E-state index in [1.54, 1.807) is 19.1 Å². The summed E-state index contributed by atoms with van der Waals surface area (Å²) >= 11 is 1.45. The highest BCUT2D eigenvalue weighted by Crippen LogP contribution is 2.27. The zero-order valence-electron chi connectivity index (χ0n) is 15.8. The van der Waals surface area contributed by atoms with Crippen LogP contribution in [0, 0.1) is 5.92 Å². The monoisotopic (exact) mass is 400 g/mol. The SMILES string of the molecule is COC[C@H](C)NS(=O)(=O)c1ccc(SC)c(C(=O)N2CCC(C)CC2)c1. The molecule has 1 fully saturated rings. The van der Waals surface area contributed by atoms with E-state index in [1.165, 1.54) is 24.9 Å². The predicted octanol–water partition coefficient (Wildman–Crippen LogP) is 2.59. The maximum atomic E-state index is 13.0. The van der Waals surface area contributed by atoms with Gasteiger partial charge in [0.05, 0.1) is 17.1 Å². The molecule has 1 N–H and O–H groups in total. The van der Waals surface area contributed by atoms with Crippen LogP contribution < -0.4 is 4.72 Å². The molecule has 6 nitrogen and oxygen atoms in total. The molecule has 0 saturated carbocycles. The lowest BCUT2D eigenvalue weighted by Gasteiger charge is -2.31. The van der Waals surface area contributed by atoms with Crippen molar-refractivity contribution in [2.75, 3.05) is 33.1 Å². The quantitative estimate of drug-likeness (QED) is 0.712. The highest BCUT2D eigenvalue weighted by atomic mass is 32.2. The number of nitrogens with one attached hydrogen (secondary N) is 1. The fraction of sp³-hybridized carbons (Fsp3) is 0.611. The lowest BCUT2D eigenvalue weighted by Crippen LogP contribution is -2.38. The van der Waals surface area contributed by atoms with Crippen molar-refractivity contribution in [3.63, 3.8) is 0 Å². The Morgan fingerprint density at radius 1 is 1.38 bits per heavy atom. The minimum absolute atomic E-state index is 0.0942. The summed E-state index contributed by atoms with van der Waals surface area (Å²) in [5.74, 6) is 0.528. The third kappa shape index (κ3) is 5.22. The van der Waals surface area contributed by atoms with E-state index in [2.05, 4.69) is 11.6 Å². The molecule has 0 spiro atoms. The number of nitrogens with zero attached hydrogens (tertiary/aromatic N) is 1. The summed E-state index contributed by atoms with van der Waals surface area (Å²) in [7, 11) is -2.19. The standard InChI is InChI=1S/C18H28N2O4S2/c1-13-7-9-20(10-8-13)18(21)16-11-15(5-6-17(16)25-4)26(22,23)19-14(2)12-24-3/h5-6,11,13-14,19H,7-10,12H2,1-4H3/t14-/m0/s1. The van der Waals surface area contributed by atoms with Crippen LogP contribution >= 0.6 is 11.8 Å². The van der Waals surface area contributed by atoms with Gasteiger partial charge in [-0.25, -0.2) is 13.1 Å². The molecule has 1 aromatic carbocycles. The fourth-order valence-electron chi connectivity index (χ4n) is 3.02. The summed E-state index contributed by atoms with van der Waals surface area (Å²) in [6.45, 7) is 5.63. The summed E-state index contributed by atoms with van der Waals surface area (Å²) in [6.07, 6.45) is 3.85. The second-order valence-corrected chi connectivity index (χ2v) is 9.38. The Kier molecular flexibility index (Phi) is 7.52. The fourth-order valence-corrected chi connectivity index (χ4v) is 4.84. The van der Waals surface area contributed by atoms with Gasteiger partial charge >= 0.3 is 0 Å². The molecule has 0 aromatic heterocycles. The first kappa shape index (κ1) is 21.2. The smallest absolute Gasteiger partial charge is 0.255 e. The number of amides is 1. The van der Waals surface area contributed by atoms with Crippen LogP contribution in [0.4, 0.5) is 0 Å². The zero-order valence-corrected chi connectivity index (χ0v) is 17.5. The molecule has 0 unspecified atom stereocenters. The van der Waals surface area contributed by atoms with Gasteiger partial charge in [-0.2, -0.15) is 0 Å². The van der Waals surface area contributed by atoms with Crippen molar-refractivity contribution in [3.8, 4) is 0 Å². The summed E-state index contributed by atoms with van der Waals surface area (Å²) in [5, 5.41) is 0. The van der Waals surface area contributed by atoms with Crippen LogP contribution in [0.15, 0.2) is 28.0 Å². The predicted molar refractivity (Wildman–Crippen MR) is 104 cm³/mol. The maximum Gasteiger partial charge on any atom is 0.255 e. The molecule has 8 heteroatoms. The molecule has 1 aliphatic heterocycles. The number of methoxy groups -OCH3 is 1. The summed E-state index contributed by atoms with van der Waals surface area (Å²) < 4.78 is 32.8. The van der Waals surface area contributed by atoms with E-state index in [1.807, 2.05) is 11.2 Å². The van der Waals surface area contributed by atoms with Gasteiger partial charge < -0.3 is 9.64 Å². The Balaban J connectivity index is 2.29.